The van der Waals surface area contributed by atoms with Gasteiger partial charge in [0.05, 0.1) is 22.2 Å². The van der Waals surface area contributed by atoms with Gasteiger partial charge in [-0.15, -0.1) is 0 Å². The molecule has 4 rings (SSSR count). The minimum absolute atomic E-state index is 0.0997. The van der Waals surface area contributed by atoms with Crippen molar-refractivity contribution in [2.75, 3.05) is 26.2 Å². The van der Waals surface area contributed by atoms with Crippen LogP contribution in [-0.4, -0.2) is 65.6 Å². The molecule has 2 aromatic rings. The Labute approximate surface area is 163 Å². The molecule has 7 nitrogen and oxygen atoms in total. The van der Waals surface area contributed by atoms with E-state index in [9.17, 15) is 17.6 Å². The first-order chi connectivity index (χ1) is 13.4. The Hall–Kier alpha value is -2.42. The fourth-order valence-corrected chi connectivity index (χ4v) is 5.73. The van der Waals surface area contributed by atoms with E-state index < -0.39 is 20.9 Å². The molecule has 0 radical (unpaired) electrons. The molecule has 1 unspecified atom stereocenters. The van der Waals surface area contributed by atoms with Gasteiger partial charge in [0, 0.05) is 38.3 Å². The van der Waals surface area contributed by atoms with Crippen molar-refractivity contribution in [3.63, 3.8) is 0 Å². The van der Waals surface area contributed by atoms with E-state index in [1.807, 2.05) is 6.20 Å². The van der Waals surface area contributed by atoms with Gasteiger partial charge >= 0.3 is 6.03 Å². The number of imidazole rings is 1. The average Bonchev–Trinajstić information content (AvgIpc) is 3.40. The highest BCUT2D eigenvalue weighted by Gasteiger charge is 2.38. The molecule has 0 aliphatic carbocycles. The number of nitrogens with zero attached hydrogens (tertiary/aromatic N) is 3. The van der Waals surface area contributed by atoms with Crippen LogP contribution in [0.1, 0.15) is 30.9 Å². The van der Waals surface area contributed by atoms with Gasteiger partial charge in [-0.05, 0) is 43.5 Å². The Kier molecular flexibility index (Phi) is 5.09. The largest absolute Gasteiger partial charge is 0.351 e. The smallest absolute Gasteiger partial charge is 0.320 e. The molecule has 0 spiro atoms. The Morgan fingerprint density at radius 2 is 1.75 bits per heavy atom. The lowest BCUT2D eigenvalue weighted by Crippen LogP contribution is -2.46. The summed E-state index contributed by atoms with van der Waals surface area (Å²) >= 11 is 0. The summed E-state index contributed by atoms with van der Waals surface area (Å²) in [4.78, 5) is 23.6. The number of hydrogen-bond donors (Lipinski definition) is 1. The number of carbonyl (C=O) groups excluding carboxylic acids is 1. The topological polar surface area (TPSA) is 86.4 Å². The average molecular weight is 406 g/mol. The van der Waals surface area contributed by atoms with Crippen molar-refractivity contribution in [1.29, 1.82) is 0 Å². The predicted molar refractivity (Wildman–Crippen MR) is 101 cm³/mol. The molecule has 1 aromatic heterocycles. The molecule has 3 heterocycles. The SMILES string of the molecule is O=C(N1CCC(c2c[nH]cn2)CC1)N1CCC(S(=O)(=O)c2ccc(F)cc2)C1. The number of hydrogen-bond acceptors (Lipinski definition) is 4. The number of amides is 2. The van der Waals surface area contributed by atoms with E-state index in [1.165, 1.54) is 12.1 Å². The number of piperidine rings is 1. The van der Waals surface area contributed by atoms with Crippen LogP contribution < -0.4 is 0 Å². The standard InChI is InChI=1S/C19H23FN4O3S/c20-15-1-3-16(4-2-15)28(26,27)17-7-10-24(12-17)19(25)23-8-5-14(6-9-23)18-11-21-13-22-18/h1-4,11,13-14,17H,5-10,12H2,(H,21,22). The Morgan fingerprint density at radius 1 is 1.07 bits per heavy atom. The summed E-state index contributed by atoms with van der Waals surface area (Å²) in [7, 11) is -3.58. The van der Waals surface area contributed by atoms with E-state index in [2.05, 4.69) is 9.97 Å². The number of halogens is 1. The van der Waals surface area contributed by atoms with Crippen LogP contribution in [0.4, 0.5) is 9.18 Å². The summed E-state index contributed by atoms with van der Waals surface area (Å²) in [5, 5.41) is -0.650. The number of aromatic nitrogens is 2. The predicted octanol–water partition coefficient (Wildman–Crippen LogP) is 2.40. The number of benzene rings is 1. The number of urea groups is 1. The number of rotatable bonds is 3. The van der Waals surface area contributed by atoms with E-state index >= 15 is 0 Å². The van der Waals surface area contributed by atoms with Crippen molar-refractivity contribution < 1.29 is 17.6 Å². The highest BCUT2D eigenvalue weighted by Crippen LogP contribution is 2.29. The maximum atomic E-state index is 13.1. The van der Waals surface area contributed by atoms with Crippen molar-refractivity contribution >= 4 is 15.9 Å². The third-order valence-corrected chi connectivity index (χ3v) is 7.89. The van der Waals surface area contributed by atoms with Gasteiger partial charge in [-0.25, -0.2) is 22.6 Å². The fourth-order valence-electron chi connectivity index (χ4n) is 4.03. The van der Waals surface area contributed by atoms with Crippen LogP contribution in [0.3, 0.4) is 0 Å². The molecule has 150 valence electrons. The van der Waals surface area contributed by atoms with Gasteiger partial charge in [0.25, 0.3) is 0 Å². The molecule has 2 saturated heterocycles. The van der Waals surface area contributed by atoms with E-state index in [0.717, 1.165) is 30.7 Å². The number of carbonyl (C=O) groups is 1. The van der Waals surface area contributed by atoms with Crippen molar-refractivity contribution in [3.05, 3.63) is 48.3 Å². The summed E-state index contributed by atoms with van der Waals surface area (Å²) < 4.78 is 38.6. The van der Waals surface area contributed by atoms with Crippen LogP contribution in [0.2, 0.25) is 0 Å². The van der Waals surface area contributed by atoms with Crippen LogP contribution in [0.5, 0.6) is 0 Å². The van der Waals surface area contributed by atoms with Gasteiger partial charge in [-0.1, -0.05) is 0 Å². The molecule has 28 heavy (non-hydrogen) atoms. The Bertz CT molecular complexity index is 923. The Balaban J connectivity index is 1.36. The lowest BCUT2D eigenvalue weighted by molar-refractivity contribution is 0.148. The van der Waals surface area contributed by atoms with E-state index in [1.54, 1.807) is 16.1 Å². The second kappa shape index (κ2) is 7.54. The summed E-state index contributed by atoms with van der Waals surface area (Å²) in [6.07, 6.45) is 5.66. The lowest BCUT2D eigenvalue weighted by atomic mass is 9.94. The normalized spacial score (nSPS) is 21.2. The van der Waals surface area contributed by atoms with Gasteiger partial charge in [0.15, 0.2) is 9.84 Å². The van der Waals surface area contributed by atoms with Crippen LogP contribution in [0, 0.1) is 5.82 Å². The zero-order valence-corrected chi connectivity index (χ0v) is 16.2. The van der Waals surface area contributed by atoms with Crippen LogP contribution in [-0.2, 0) is 9.84 Å². The van der Waals surface area contributed by atoms with Gasteiger partial charge in [-0.2, -0.15) is 0 Å². The van der Waals surface area contributed by atoms with E-state index in [0.29, 0.717) is 32.0 Å². The fraction of sp³-hybridized carbons (Fsp3) is 0.474. The van der Waals surface area contributed by atoms with Gasteiger partial charge in [0.2, 0.25) is 0 Å². The molecule has 2 fully saturated rings. The molecule has 2 aliphatic rings. The first-order valence-corrected chi connectivity index (χ1v) is 11.0. The summed E-state index contributed by atoms with van der Waals surface area (Å²) in [6, 6.07) is 4.77. The summed E-state index contributed by atoms with van der Waals surface area (Å²) in [6.45, 7) is 1.88. The van der Waals surface area contributed by atoms with Crippen LogP contribution in [0.15, 0.2) is 41.7 Å². The Morgan fingerprint density at radius 3 is 2.39 bits per heavy atom. The van der Waals surface area contributed by atoms with E-state index in [-0.39, 0.29) is 17.5 Å². The lowest BCUT2D eigenvalue weighted by Gasteiger charge is -2.34. The molecule has 2 aliphatic heterocycles. The minimum Gasteiger partial charge on any atom is -0.351 e. The van der Waals surface area contributed by atoms with Crippen molar-refractivity contribution in [3.8, 4) is 0 Å². The van der Waals surface area contributed by atoms with Gasteiger partial charge in [-0.3, -0.25) is 0 Å². The third kappa shape index (κ3) is 3.63. The molecular formula is C19H23FN4O3S. The van der Waals surface area contributed by atoms with Crippen molar-refractivity contribution in [2.24, 2.45) is 0 Å². The minimum atomic E-state index is -3.58. The molecule has 0 bridgehead atoms. The molecule has 1 N–H and O–H groups in total. The molecule has 9 heteroatoms. The number of likely N-dealkylation sites (tertiary alicyclic amines) is 2. The highest BCUT2D eigenvalue weighted by atomic mass is 32.2. The first-order valence-electron chi connectivity index (χ1n) is 9.47. The monoisotopic (exact) mass is 406 g/mol. The maximum Gasteiger partial charge on any atom is 0.320 e. The third-order valence-electron chi connectivity index (χ3n) is 5.70. The molecule has 0 saturated carbocycles. The summed E-state index contributed by atoms with van der Waals surface area (Å²) in [5.74, 6) is -0.124. The molecule has 2 amide bonds. The van der Waals surface area contributed by atoms with Crippen molar-refractivity contribution in [1.82, 2.24) is 19.8 Å². The molecule has 1 aromatic carbocycles. The van der Waals surface area contributed by atoms with Gasteiger partial charge < -0.3 is 14.8 Å². The number of H-pyrrole nitrogens is 1. The number of aromatic amines is 1. The molecule has 1 atom stereocenters. The quantitative estimate of drug-likeness (QED) is 0.793. The summed E-state index contributed by atoms with van der Waals surface area (Å²) in [5.41, 5.74) is 1.03. The van der Waals surface area contributed by atoms with E-state index in [4.69, 9.17) is 0 Å². The zero-order chi connectivity index (χ0) is 19.7. The second-order valence-corrected chi connectivity index (χ2v) is 9.62. The second-order valence-electron chi connectivity index (χ2n) is 7.39. The first kappa shape index (κ1) is 18.9. The zero-order valence-electron chi connectivity index (χ0n) is 15.4. The highest BCUT2D eigenvalue weighted by molar-refractivity contribution is 7.92. The molecular weight excluding hydrogens is 383 g/mol. The van der Waals surface area contributed by atoms with Crippen molar-refractivity contribution in [2.45, 2.75) is 35.3 Å². The maximum absolute atomic E-state index is 13.1. The van der Waals surface area contributed by atoms with Gasteiger partial charge in [0.1, 0.15) is 5.82 Å². The van der Waals surface area contributed by atoms with Crippen LogP contribution >= 0.6 is 0 Å². The number of sulfone groups is 1. The number of nitrogens with one attached hydrogen (secondary N) is 1. The van der Waals surface area contributed by atoms with Crippen LogP contribution in [0.25, 0.3) is 0 Å².